The van der Waals surface area contributed by atoms with E-state index >= 15 is 0 Å². The molecule has 0 saturated carbocycles. The first-order valence-corrected chi connectivity index (χ1v) is 5.26. The molecule has 1 heterocycles. The standard InChI is InChI=1S/C11H14N2O4/c1-11(6-12-7-11)17-10-4-3-8(16-2)5-9(10)13(14)15/h3-5,12H,6-7H2,1-2H3. The van der Waals surface area contributed by atoms with Gasteiger partial charge in [-0.2, -0.15) is 0 Å². The Morgan fingerprint density at radius 1 is 1.47 bits per heavy atom. The monoisotopic (exact) mass is 238 g/mol. The molecule has 1 aromatic carbocycles. The molecule has 17 heavy (non-hydrogen) atoms. The zero-order valence-corrected chi connectivity index (χ0v) is 9.73. The van der Waals surface area contributed by atoms with Gasteiger partial charge in [0.2, 0.25) is 0 Å². The van der Waals surface area contributed by atoms with Crippen LogP contribution >= 0.6 is 0 Å². The van der Waals surface area contributed by atoms with E-state index in [1.165, 1.54) is 13.2 Å². The molecule has 0 aromatic heterocycles. The van der Waals surface area contributed by atoms with E-state index < -0.39 is 4.92 Å². The molecule has 6 heteroatoms. The Kier molecular flexibility index (Phi) is 2.89. The minimum absolute atomic E-state index is 0.0718. The van der Waals surface area contributed by atoms with Gasteiger partial charge in [0.05, 0.1) is 18.1 Å². The maximum Gasteiger partial charge on any atom is 0.314 e. The van der Waals surface area contributed by atoms with Gasteiger partial charge in [-0.25, -0.2) is 0 Å². The van der Waals surface area contributed by atoms with Crippen molar-refractivity contribution in [1.82, 2.24) is 5.32 Å². The Labute approximate surface area is 98.7 Å². The topological polar surface area (TPSA) is 73.6 Å². The summed E-state index contributed by atoms with van der Waals surface area (Å²) in [5.74, 6) is 0.723. The molecule has 1 saturated heterocycles. The van der Waals surface area contributed by atoms with Gasteiger partial charge in [-0.3, -0.25) is 10.1 Å². The van der Waals surface area contributed by atoms with Crippen molar-refractivity contribution in [2.75, 3.05) is 20.2 Å². The summed E-state index contributed by atoms with van der Waals surface area (Å²) in [4.78, 5) is 10.5. The highest BCUT2D eigenvalue weighted by atomic mass is 16.6. The number of nitro benzene ring substituents is 1. The number of rotatable bonds is 4. The van der Waals surface area contributed by atoms with Crippen LogP contribution in [0, 0.1) is 10.1 Å². The maximum atomic E-state index is 10.9. The molecule has 1 fully saturated rings. The number of hydrogen-bond acceptors (Lipinski definition) is 5. The van der Waals surface area contributed by atoms with Crippen LogP contribution in [0.15, 0.2) is 18.2 Å². The van der Waals surface area contributed by atoms with E-state index in [-0.39, 0.29) is 17.0 Å². The smallest absolute Gasteiger partial charge is 0.314 e. The van der Waals surface area contributed by atoms with Crippen LogP contribution in [0.1, 0.15) is 6.92 Å². The van der Waals surface area contributed by atoms with E-state index in [2.05, 4.69) is 5.32 Å². The lowest BCUT2D eigenvalue weighted by atomic mass is 10.00. The third-order valence-electron chi connectivity index (χ3n) is 2.72. The van der Waals surface area contributed by atoms with Crippen LogP contribution in [0.2, 0.25) is 0 Å². The molecule has 0 unspecified atom stereocenters. The van der Waals surface area contributed by atoms with Crippen molar-refractivity contribution in [3.63, 3.8) is 0 Å². The molecule has 0 atom stereocenters. The summed E-state index contributed by atoms with van der Waals surface area (Å²) in [6.45, 7) is 3.30. The summed E-state index contributed by atoms with van der Waals surface area (Å²) in [6, 6.07) is 4.59. The molecule has 0 radical (unpaired) electrons. The second-order valence-corrected chi connectivity index (χ2v) is 4.25. The molecule has 0 bridgehead atoms. The minimum atomic E-state index is -0.465. The normalized spacial score (nSPS) is 17.1. The van der Waals surface area contributed by atoms with Crippen molar-refractivity contribution in [3.05, 3.63) is 28.3 Å². The largest absolute Gasteiger partial charge is 0.496 e. The summed E-state index contributed by atoms with van der Waals surface area (Å²) in [5.41, 5.74) is -0.434. The van der Waals surface area contributed by atoms with Crippen molar-refractivity contribution >= 4 is 5.69 Å². The van der Waals surface area contributed by atoms with Crippen LogP contribution in [0.4, 0.5) is 5.69 Å². The molecule has 0 amide bonds. The summed E-state index contributed by atoms with van der Waals surface area (Å²) in [5, 5.41) is 14.0. The highest BCUT2D eigenvalue weighted by molar-refractivity contribution is 5.51. The van der Waals surface area contributed by atoms with Gasteiger partial charge in [-0.05, 0) is 19.1 Å². The van der Waals surface area contributed by atoms with Gasteiger partial charge in [-0.15, -0.1) is 0 Å². The molecule has 1 aliphatic heterocycles. The Morgan fingerprint density at radius 2 is 2.18 bits per heavy atom. The molecule has 0 aliphatic carbocycles. The van der Waals surface area contributed by atoms with Crippen LogP contribution in [0.5, 0.6) is 11.5 Å². The van der Waals surface area contributed by atoms with Crippen molar-refractivity contribution in [1.29, 1.82) is 0 Å². The van der Waals surface area contributed by atoms with E-state index in [9.17, 15) is 10.1 Å². The van der Waals surface area contributed by atoms with Crippen LogP contribution in [-0.4, -0.2) is 30.7 Å². The van der Waals surface area contributed by atoms with Gasteiger partial charge in [-0.1, -0.05) is 0 Å². The number of nitro groups is 1. The molecule has 1 N–H and O–H groups in total. The highest BCUT2D eigenvalue weighted by Crippen LogP contribution is 2.34. The third-order valence-corrected chi connectivity index (χ3v) is 2.72. The number of hydrogen-bond donors (Lipinski definition) is 1. The fourth-order valence-corrected chi connectivity index (χ4v) is 1.67. The lowest BCUT2D eigenvalue weighted by Crippen LogP contribution is -2.61. The lowest BCUT2D eigenvalue weighted by Gasteiger charge is -2.39. The fourth-order valence-electron chi connectivity index (χ4n) is 1.67. The Hall–Kier alpha value is -1.82. The van der Waals surface area contributed by atoms with Gasteiger partial charge < -0.3 is 14.8 Å². The molecule has 1 aromatic rings. The zero-order chi connectivity index (χ0) is 12.5. The first kappa shape index (κ1) is 11.7. The number of ether oxygens (including phenoxy) is 2. The third kappa shape index (κ3) is 2.31. The molecule has 92 valence electrons. The van der Waals surface area contributed by atoms with Crippen molar-refractivity contribution < 1.29 is 14.4 Å². The fraction of sp³-hybridized carbons (Fsp3) is 0.455. The number of nitrogens with one attached hydrogen (secondary N) is 1. The first-order chi connectivity index (χ1) is 8.04. The first-order valence-electron chi connectivity index (χ1n) is 5.26. The zero-order valence-electron chi connectivity index (χ0n) is 9.73. The summed E-state index contributed by atoms with van der Waals surface area (Å²) >= 11 is 0. The Bertz CT molecular complexity index is 443. The number of methoxy groups -OCH3 is 1. The lowest BCUT2D eigenvalue weighted by molar-refractivity contribution is -0.386. The molecule has 6 nitrogen and oxygen atoms in total. The van der Waals surface area contributed by atoms with Crippen LogP contribution in [0.25, 0.3) is 0 Å². The van der Waals surface area contributed by atoms with E-state index in [0.717, 1.165) is 0 Å². The Morgan fingerprint density at radius 3 is 2.65 bits per heavy atom. The SMILES string of the molecule is COc1ccc(OC2(C)CNC2)c([N+](=O)[O-])c1. The molecular formula is C11H14N2O4. The van der Waals surface area contributed by atoms with E-state index in [1.54, 1.807) is 12.1 Å². The summed E-state index contributed by atoms with van der Waals surface area (Å²) in [6.07, 6.45) is 0. The van der Waals surface area contributed by atoms with Crippen LogP contribution in [0.3, 0.4) is 0 Å². The number of nitrogens with zero attached hydrogens (tertiary/aromatic N) is 1. The molecule has 1 aliphatic rings. The average molecular weight is 238 g/mol. The summed E-state index contributed by atoms with van der Waals surface area (Å²) < 4.78 is 10.6. The molecular weight excluding hydrogens is 224 g/mol. The second kappa shape index (κ2) is 4.21. The molecule has 0 spiro atoms. The average Bonchev–Trinajstić information content (AvgIpc) is 2.27. The van der Waals surface area contributed by atoms with E-state index in [0.29, 0.717) is 18.8 Å². The van der Waals surface area contributed by atoms with Crippen molar-refractivity contribution in [2.45, 2.75) is 12.5 Å². The van der Waals surface area contributed by atoms with Gasteiger partial charge in [0.1, 0.15) is 11.4 Å². The minimum Gasteiger partial charge on any atom is -0.496 e. The van der Waals surface area contributed by atoms with Gasteiger partial charge in [0, 0.05) is 13.1 Å². The van der Waals surface area contributed by atoms with Crippen LogP contribution in [-0.2, 0) is 0 Å². The van der Waals surface area contributed by atoms with Crippen LogP contribution < -0.4 is 14.8 Å². The predicted octanol–water partition coefficient (Wildman–Crippen LogP) is 1.34. The van der Waals surface area contributed by atoms with Gasteiger partial charge in [0.25, 0.3) is 0 Å². The van der Waals surface area contributed by atoms with E-state index in [1.807, 2.05) is 6.92 Å². The predicted molar refractivity (Wildman–Crippen MR) is 61.6 cm³/mol. The van der Waals surface area contributed by atoms with E-state index in [4.69, 9.17) is 9.47 Å². The quantitative estimate of drug-likeness (QED) is 0.633. The van der Waals surface area contributed by atoms with Gasteiger partial charge >= 0.3 is 5.69 Å². The van der Waals surface area contributed by atoms with Crippen molar-refractivity contribution in [2.24, 2.45) is 0 Å². The maximum absolute atomic E-state index is 10.9. The van der Waals surface area contributed by atoms with Crippen molar-refractivity contribution in [3.8, 4) is 11.5 Å². The second-order valence-electron chi connectivity index (χ2n) is 4.25. The number of benzene rings is 1. The highest BCUT2D eigenvalue weighted by Gasteiger charge is 2.35. The Balaban J connectivity index is 2.29. The van der Waals surface area contributed by atoms with Gasteiger partial charge in [0.15, 0.2) is 5.75 Å². The summed E-state index contributed by atoms with van der Waals surface area (Å²) in [7, 11) is 1.47. The molecule has 2 rings (SSSR count).